The van der Waals surface area contributed by atoms with E-state index in [4.69, 9.17) is 10.5 Å². The van der Waals surface area contributed by atoms with Gasteiger partial charge in [-0.15, -0.1) is 0 Å². The summed E-state index contributed by atoms with van der Waals surface area (Å²) in [5.41, 5.74) is 9.84. The first-order valence-electron chi connectivity index (χ1n) is 7.56. The molecule has 0 aromatic heterocycles. The standard InChI is InChI=1S/C18H25NO/c1-4-14-12-18(20-3)16-9-8-13(7-6-10-19)11-17(16)15(14)5-2/h8-9,11-12H,4-7,10,19H2,1-3H3. The second-order valence-electron chi connectivity index (χ2n) is 5.20. The van der Waals surface area contributed by atoms with Gasteiger partial charge in [0.05, 0.1) is 7.11 Å². The van der Waals surface area contributed by atoms with Crippen LogP contribution in [0.5, 0.6) is 5.75 Å². The largest absolute Gasteiger partial charge is 0.496 e. The van der Waals surface area contributed by atoms with Crippen molar-refractivity contribution in [3.05, 3.63) is 41.0 Å². The summed E-state index contributed by atoms with van der Waals surface area (Å²) in [6.45, 7) is 5.18. The lowest BCUT2D eigenvalue weighted by Gasteiger charge is -2.15. The number of methoxy groups -OCH3 is 1. The molecule has 0 aliphatic carbocycles. The highest BCUT2D eigenvalue weighted by atomic mass is 16.5. The first kappa shape index (κ1) is 14.9. The molecule has 0 saturated heterocycles. The monoisotopic (exact) mass is 271 g/mol. The van der Waals surface area contributed by atoms with Gasteiger partial charge in [-0.25, -0.2) is 0 Å². The second kappa shape index (κ2) is 6.76. The molecule has 2 aromatic carbocycles. The molecule has 20 heavy (non-hydrogen) atoms. The van der Waals surface area contributed by atoms with E-state index in [-0.39, 0.29) is 0 Å². The minimum absolute atomic E-state index is 0.747. The normalized spacial score (nSPS) is 11.0. The summed E-state index contributed by atoms with van der Waals surface area (Å²) in [7, 11) is 1.75. The number of nitrogens with two attached hydrogens (primary N) is 1. The molecule has 2 heteroatoms. The number of aryl methyl sites for hydroxylation is 3. The zero-order chi connectivity index (χ0) is 14.5. The van der Waals surface area contributed by atoms with E-state index in [9.17, 15) is 0 Å². The Morgan fingerprint density at radius 1 is 1.05 bits per heavy atom. The summed E-state index contributed by atoms with van der Waals surface area (Å²) < 4.78 is 5.57. The summed E-state index contributed by atoms with van der Waals surface area (Å²) >= 11 is 0. The molecule has 0 radical (unpaired) electrons. The van der Waals surface area contributed by atoms with E-state index in [1.165, 1.54) is 27.5 Å². The Morgan fingerprint density at radius 3 is 2.45 bits per heavy atom. The van der Waals surface area contributed by atoms with Crippen molar-refractivity contribution in [3.63, 3.8) is 0 Å². The Bertz CT molecular complexity index is 589. The summed E-state index contributed by atoms with van der Waals surface area (Å²) in [4.78, 5) is 0. The first-order valence-corrected chi connectivity index (χ1v) is 7.56. The quantitative estimate of drug-likeness (QED) is 0.865. The van der Waals surface area contributed by atoms with Crippen LogP contribution in [0.25, 0.3) is 10.8 Å². The van der Waals surface area contributed by atoms with Crippen LogP contribution in [0.1, 0.15) is 37.0 Å². The highest BCUT2D eigenvalue weighted by Crippen LogP contribution is 2.33. The van der Waals surface area contributed by atoms with Crippen LogP contribution in [0.4, 0.5) is 0 Å². The van der Waals surface area contributed by atoms with Gasteiger partial charge in [-0.05, 0) is 60.4 Å². The van der Waals surface area contributed by atoms with E-state index in [0.29, 0.717) is 0 Å². The minimum atomic E-state index is 0.747. The number of fused-ring (bicyclic) bond motifs is 1. The maximum Gasteiger partial charge on any atom is 0.126 e. The molecule has 2 rings (SSSR count). The molecule has 0 unspecified atom stereocenters. The molecule has 0 fully saturated rings. The van der Waals surface area contributed by atoms with E-state index < -0.39 is 0 Å². The number of benzene rings is 2. The van der Waals surface area contributed by atoms with Crippen molar-refractivity contribution >= 4 is 10.8 Å². The SMILES string of the molecule is CCc1cc(OC)c2ccc(CCCN)cc2c1CC. The molecule has 0 saturated carbocycles. The van der Waals surface area contributed by atoms with Gasteiger partial charge >= 0.3 is 0 Å². The van der Waals surface area contributed by atoms with E-state index in [1.807, 2.05) is 0 Å². The van der Waals surface area contributed by atoms with Crippen molar-refractivity contribution in [1.29, 1.82) is 0 Å². The molecule has 2 aromatic rings. The number of hydrogen-bond donors (Lipinski definition) is 1. The van der Waals surface area contributed by atoms with Crippen molar-refractivity contribution in [1.82, 2.24) is 0 Å². The fourth-order valence-electron chi connectivity index (χ4n) is 2.92. The fourth-order valence-corrected chi connectivity index (χ4v) is 2.92. The molecular weight excluding hydrogens is 246 g/mol. The maximum atomic E-state index is 5.62. The molecule has 0 atom stereocenters. The average molecular weight is 271 g/mol. The third-order valence-electron chi connectivity index (χ3n) is 3.99. The van der Waals surface area contributed by atoms with Gasteiger partial charge in [0.25, 0.3) is 0 Å². The van der Waals surface area contributed by atoms with Gasteiger partial charge < -0.3 is 10.5 Å². The van der Waals surface area contributed by atoms with Gasteiger partial charge in [-0.2, -0.15) is 0 Å². The van der Waals surface area contributed by atoms with Crippen molar-refractivity contribution in [2.24, 2.45) is 5.73 Å². The molecule has 0 amide bonds. The average Bonchev–Trinajstić information content (AvgIpc) is 2.50. The van der Waals surface area contributed by atoms with Gasteiger partial charge in [-0.1, -0.05) is 32.0 Å². The number of ether oxygens (including phenoxy) is 1. The Labute approximate surface area is 121 Å². The van der Waals surface area contributed by atoms with Crippen molar-refractivity contribution in [2.75, 3.05) is 13.7 Å². The molecule has 0 aliphatic rings. The van der Waals surface area contributed by atoms with E-state index >= 15 is 0 Å². The van der Waals surface area contributed by atoms with E-state index in [2.05, 4.69) is 38.1 Å². The molecule has 0 heterocycles. The van der Waals surface area contributed by atoms with Crippen molar-refractivity contribution < 1.29 is 4.74 Å². The molecule has 0 spiro atoms. The lowest BCUT2D eigenvalue weighted by Crippen LogP contribution is -2.01. The highest BCUT2D eigenvalue weighted by Gasteiger charge is 2.11. The predicted octanol–water partition coefficient (Wildman–Crippen LogP) is 3.86. The molecule has 2 N–H and O–H groups in total. The zero-order valence-electron chi connectivity index (χ0n) is 12.8. The topological polar surface area (TPSA) is 35.2 Å². The third-order valence-corrected chi connectivity index (χ3v) is 3.99. The molecule has 0 aliphatic heterocycles. The Balaban J connectivity index is 2.63. The minimum Gasteiger partial charge on any atom is -0.496 e. The zero-order valence-corrected chi connectivity index (χ0v) is 12.8. The van der Waals surface area contributed by atoms with Crippen LogP contribution in [0.3, 0.4) is 0 Å². The summed E-state index contributed by atoms with van der Waals surface area (Å²) in [5, 5.41) is 2.57. The third kappa shape index (κ3) is 2.80. The van der Waals surface area contributed by atoms with Gasteiger partial charge in [0.15, 0.2) is 0 Å². The predicted molar refractivity (Wildman–Crippen MR) is 86.6 cm³/mol. The maximum absolute atomic E-state index is 5.62. The van der Waals surface area contributed by atoms with Gasteiger partial charge in [0, 0.05) is 5.39 Å². The molecule has 0 bridgehead atoms. The Kier molecular flexibility index (Phi) is 5.02. The van der Waals surface area contributed by atoms with Gasteiger partial charge in [0.2, 0.25) is 0 Å². The van der Waals surface area contributed by atoms with Crippen LogP contribution < -0.4 is 10.5 Å². The summed E-state index contributed by atoms with van der Waals surface area (Å²) in [6.07, 6.45) is 4.19. The number of rotatable bonds is 6. The van der Waals surface area contributed by atoms with Gasteiger partial charge in [0.1, 0.15) is 5.75 Å². The second-order valence-corrected chi connectivity index (χ2v) is 5.20. The van der Waals surface area contributed by atoms with E-state index in [1.54, 1.807) is 7.11 Å². The van der Waals surface area contributed by atoms with Crippen LogP contribution in [0.15, 0.2) is 24.3 Å². The lowest BCUT2D eigenvalue weighted by molar-refractivity contribution is 0.419. The molecular formula is C18H25NO. The van der Waals surface area contributed by atoms with Crippen LogP contribution in [-0.2, 0) is 19.3 Å². The summed E-state index contributed by atoms with van der Waals surface area (Å²) in [6, 6.07) is 8.91. The Hall–Kier alpha value is -1.54. The lowest BCUT2D eigenvalue weighted by atomic mass is 9.93. The van der Waals surface area contributed by atoms with Crippen molar-refractivity contribution in [2.45, 2.75) is 39.5 Å². The van der Waals surface area contributed by atoms with Crippen LogP contribution in [-0.4, -0.2) is 13.7 Å². The van der Waals surface area contributed by atoms with E-state index in [0.717, 1.165) is 38.0 Å². The molecule has 2 nitrogen and oxygen atoms in total. The first-order chi connectivity index (χ1) is 9.74. The number of hydrogen-bond acceptors (Lipinski definition) is 2. The fraction of sp³-hybridized carbons (Fsp3) is 0.444. The molecule has 108 valence electrons. The van der Waals surface area contributed by atoms with Crippen LogP contribution >= 0.6 is 0 Å². The van der Waals surface area contributed by atoms with Crippen molar-refractivity contribution in [3.8, 4) is 5.75 Å². The van der Waals surface area contributed by atoms with Gasteiger partial charge in [-0.3, -0.25) is 0 Å². The smallest absolute Gasteiger partial charge is 0.126 e. The summed E-state index contributed by atoms with van der Waals surface area (Å²) in [5.74, 6) is 0.986. The Morgan fingerprint density at radius 2 is 1.85 bits per heavy atom. The van der Waals surface area contributed by atoms with Crippen LogP contribution in [0.2, 0.25) is 0 Å². The highest BCUT2D eigenvalue weighted by molar-refractivity contribution is 5.92. The van der Waals surface area contributed by atoms with Crippen LogP contribution in [0, 0.1) is 0 Å².